The van der Waals surface area contributed by atoms with Crippen LogP contribution in [-0.2, 0) is 9.53 Å². The van der Waals surface area contributed by atoms with Crippen molar-refractivity contribution in [3.63, 3.8) is 0 Å². The molecule has 3 aromatic carbocycles. The fourth-order valence-electron chi connectivity index (χ4n) is 3.97. The van der Waals surface area contributed by atoms with Crippen molar-refractivity contribution in [2.24, 2.45) is 0 Å². The lowest BCUT2D eigenvalue weighted by atomic mass is 10.1. The van der Waals surface area contributed by atoms with E-state index in [9.17, 15) is 9.59 Å². The van der Waals surface area contributed by atoms with Gasteiger partial charge in [-0.15, -0.1) is 0 Å². The van der Waals surface area contributed by atoms with Crippen molar-refractivity contribution in [2.75, 3.05) is 25.6 Å². The lowest BCUT2D eigenvalue weighted by Gasteiger charge is -2.12. The molecule has 192 valence electrons. The van der Waals surface area contributed by atoms with E-state index in [1.165, 1.54) is 0 Å². The predicted molar refractivity (Wildman–Crippen MR) is 144 cm³/mol. The quantitative estimate of drug-likeness (QED) is 0.182. The van der Waals surface area contributed by atoms with Gasteiger partial charge in [0, 0.05) is 18.5 Å². The molecule has 1 aromatic heterocycles. The van der Waals surface area contributed by atoms with E-state index < -0.39 is 0 Å². The fraction of sp³-hybridized carbons (Fsp3) is 0.276. The van der Waals surface area contributed by atoms with Gasteiger partial charge in [-0.2, -0.15) is 0 Å². The van der Waals surface area contributed by atoms with E-state index in [0.29, 0.717) is 48.0 Å². The van der Waals surface area contributed by atoms with Gasteiger partial charge < -0.3 is 24.5 Å². The van der Waals surface area contributed by atoms with Gasteiger partial charge in [0.05, 0.1) is 19.4 Å². The SMILES string of the molecule is CCOC(=O)CCCCCNC(=O)Nc1cc(-c2nc3cc(-c4ccccc4)ccc3o2)ccc1OC. The van der Waals surface area contributed by atoms with Gasteiger partial charge in [0.2, 0.25) is 5.89 Å². The number of esters is 1. The van der Waals surface area contributed by atoms with Gasteiger partial charge >= 0.3 is 12.0 Å². The lowest BCUT2D eigenvalue weighted by Crippen LogP contribution is -2.29. The summed E-state index contributed by atoms with van der Waals surface area (Å²) in [5, 5.41) is 5.68. The topological polar surface area (TPSA) is 103 Å². The number of fused-ring (bicyclic) bond motifs is 1. The molecule has 4 aromatic rings. The number of hydrogen-bond acceptors (Lipinski definition) is 6. The van der Waals surface area contributed by atoms with Crippen LogP contribution >= 0.6 is 0 Å². The summed E-state index contributed by atoms with van der Waals surface area (Å²) in [4.78, 5) is 28.5. The fourth-order valence-corrected chi connectivity index (χ4v) is 3.97. The van der Waals surface area contributed by atoms with E-state index in [0.717, 1.165) is 35.9 Å². The number of ether oxygens (including phenoxy) is 2. The molecular weight excluding hydrogens is 470 g/mol. The van der Waals surface area contributed by atoms with Crippen molar-refractivity contribution in [1.82, 2.24) is 10.3 Å². The second-order valence-corrected chi connectivity index (χ2v) is 8.48. The molecule has 0 radical (unpaired) electrons. The summed E-state index contributed by atoms with van der Waals surface area (Å²) in [6.45, 7) is 2.68. The Labute approximate surface area is 216 Å². The molecule has 4 rings (SSSR count). The second kappa shape index (κ2) is 12.6. The van der Waals surface area contributed by atoms with E-state index in [2.05, 4.69) is 27.8 Å². The molecule has 0 atom stereocenters. The predicted octanol–water partition coefficient (Wildman–Crippen LogP) is 6.42. The lowest BCUT2D eigenvalue weighted by molar-refractivity contribution is -0.143. The Balaban J connectivity index is 1.39. The van der Waals surface area contributed by atoms with E-state index in [-0.39, 0.29) is 12.0 Å². The minimum Gasteiger partial charge on any atom is -0.495 e. The number of rotatable bonds is 11. The summed E-state index contributed by atoms with van der Waals surface area (Å²) < 4.78 is 16.3. The maximum Gasteiger partial charge on any atom is 0.319 e. The maximum absolute atomic E-state index is 12.5. The molecule has 0 spiro atoms. The summed E-state index contributed by atoms with van der Waals surface area (Å²) in [5.41, 5.74) is 4.82. The number of hydrogen-bond donors (Lipinski definition) is 2. The van der Waals surface area contributed by atoms with E-state index in [1.54, 1.807) is 26.2 Å². The first kappa shape index (κ1) is 25.8. The summed E-state index contributed by atoms with van der Waals surface area (Å²) in [6, 6.07) is 21.1. The van der Waals surface area contributed by atoms with Crippen LogP contribution in [0.25, 0.3) is 33.7 Å². The van der Waals surface area contributed by atoms with Gasteiger partial charge in [-0.3, -0.25) is 4.79 Å². The summed E-state index contributed by atoms with van der Waals surface area (Å²) >= 11 is 0. The molecule has 2 N–H and O–H groups in total. The highest BCUT2D eigenvalue weighted by Gasteiger charge is 2.14. The van der Waals surface area contributed by atoms with E-state index in [1.807, 2.05) is 42.5 Å². The molecule has 2 amide bonds. The third-order valence-corrected chi connectivity index (χ3v) is 5.84. The summed E-state index contributed by atoms with van der Waals surface area (Å²) in [6.07, 6.45) is 2.71. The number of carbonyl (C=O) groups is 2. The average molecular weight is 502 g/mol. The van der Waals surface area contributed by atoms with Gasteiger partial charge in [-0.25, -0.2) is 9.78 Å². The molecule has 37 heavy (non-hydrogen) atoms. The molecule has 0 saturated carbocycles. The normalized spacial score (nSPS) is 10.8. The van der Waals surface area contributed by atoms with Crippen LogP contribution in [0.15, 0.2) is 71.1 Å². The largest absolute Gasteiger partial charge is 0.495 e. The number of benzene rings is 3. The van der Waals surface area contributed by atoms with Gasteiger partial charge in [0.1, 0.15) is 11.3 Å². The van der Waals surface area contributed by atoms with Gasteiger partial charge in [-0.05, 0) is 61.2 Å². The van der Waals surface area contributed by atoms with Crippen LogP contribution in [0.2, 0.25) is 0 Å². The minimum absolute atomic E-state index is 0.184. The van der Waals surface area contributed by atoms with Crippen LogP contribution in [-0.4, -0.2) is 37.2 Å². The molecule has 0 saturated heterocycles. The van der Waals surface area contributed by atoms with Crippen LogP contribution in [0.1, 0.15) is 32.6 Å². The number of amides is 2. The molecule has 0 aliphatic rings. The second-order valence-electron chi connectivity index (χ2n) is 8.48. The van der Waals surface area contributed by atoms with Crippen molar-refractivity contribution >= 4 is 28.8 Å². The number of anilines is 1. The van der Waals surface area contributed by atoms with E-state index in [4.69, 9.17) is 13.9 Å². The Morgan fingerprint density at radius 2 is 1.73 bits per heavy atom. The van der Waals surface area contributed by atoms with Crippen molar-refractivity contribution in [1.29, 1.82) is 0 Å². The molecule has 1 heterocycles. The number of oxazole rings is 1. The number of nitrogens with zero attached hydrogens (tertiary/aromatic N) is 1. The highest BCUT2D eigenvalue weighted by atomic mass is 16.5. The van der Waals surface area contributed by atoms with E-state index >= 15 is 0 Å². The Morgan fingerprint density at radius 1 is 0.919 bits per heavy atom. The zero-order valence-electron chi connectivity index (χ0n) is 21.1. The third-order valence-electron chi connectivity index (χ3n) is 5.84. The first-order chi connectivity index (χ1) is 18.1. The molecule has 0 aliphatic carbocycles. The number of unbranched alkanes of at least 4 members (excludes halogenated alkanes) is 2. The van der Waals surface area contributed by atoms with Crippen LogP contribution in [0.4, 0.5) is 10.5 Å². The third kappa shape index (κ3) is 6.88. The molecule has 0 bridgehead atoms. The Morgan fingerprint density at radius 3 is 2.51 bits per heavy atom. The maximum atomic E-state index is 12.5. The zero-order chi connectivity index (χ0) is 26.0. The van der Waals surface area contributed by atoms with Gasteiger partial charge in [-0.1, -0.05) is 42.8 Å². The van der Waals surface area contributed by atoms with Gasteiger partial charge in [0.15, 0.2) is 5.58 Å². The number of aromatic nitrogens is 1. The number of carbonyl (C=O) groups excluding carboxylic acids is 2. The Bertz CT molecular complexity index is 1350. The number of methoxy groups -OCH3 is 1. The highest BCUT2D eigenvalue weighted by molar-refractivity contribution is 5.92. The van der Waals surface area contributed by atoms with Crippen LogP contribution in [0.3, 0.4) is 0 Å². The number of nitrogens with one attached hydrogen (secondary N) is 2. The average Bonchev–Trinajstić information content (AvgIpc) is 3.35. The summed E-state index contributed by atoms with van der Waals surface area (Å²) in [5.74, 6) is 0.791. The highest BCUT2D eigenvalue weighted by Crippen LogP contribution is 2.33. The van der Waals surface area contributed by atoms with Crippen LogP contribution < -0.4 is 15.4 Å². The van der Waals surface area contributed by atoms with Crippen molar-refractivity contribution < 1.29 is 23.5 Å². The standard InChI is InChI=1S/C29H31N3O5/c1-3-36-27(33)12-8-5-9-17-30-29(34)32-23-19-22(14-15-25(23)35-2)28-31-24-18-21(13-16-26(24)37-28)20-10-6-4-7-11-20/h4,6-7,10-11,13-16,18-19H,3,5,8-9,12,17H2,1-2H3,(H2,30,32,34). The van der Waals surface area contributed by atoms with Crippen molar-refractivity contribution in [2.45, 2.75) is 32.6 Å². The van der Waals surface area contributed by atoms with Crippen molar-refractivity contribution in [3.05, 3.63) is 66.7 Å². The minimum atomic E-state index is -0.342. The molecule has 0 fully saturated rings. The smallest absolute Gasteiger partial charge is 0.319 e. The number of urea groups is 1. The molecule has 0 aliphatic heterocycles. The monoisotopic (exact) mass is 501 g/mol. The zero-order valence-corrected chi connectivity index (χ0v) is 21.1. The first-order valence-corrected chi connectivity index (χ1v) is 12.4. The van der Waals surface area contributed by atoms with Gasteiger partial charge in [0.25, 0.3) is 0 Å². The first-order valence-electron chi connectivity index (χ1n) is 12.4. The molecular formula is C29H31N3O5. The Kier molecular flexibility index (Phi) is 8.75. The molecule has 0 unspecified atom stereocenters. The van der Waals surface area contributed by atoms with Crippen LogP contribution in [0.5, 0.6) is 5.75 Å². The molecule has 8 nitrogen and oxygen atoms in total. The van der Waals surface area contributed by atoms with Crippen molar-refractivity contribution in [3.8, 4) is 28.3 Å². The summed E-state index contributed by atoms with van der Waals surface area (Å²) in [7, 11) is 1.55. The Hall–Kier alpha value is -4.33. The van der Waals surface area contributed by atoms with Crippen LogP contribution in [0, 0.1) is 0 Å². The molecule has 8 heteroatoms.